The first-order valence-corrected chi connectivity index (χ1v) is 13.0. The zero-order chi connectivity index (χ0) is 25.1. The van der Waals surface area contributed by atoms with Crippen LogP contribution in [0, 0.1) is 0 Å². The molecule has 1 saturated carbocycles. The molecule has 2 N–H and O–H groups in total. The number of anilines is 2. The minimum absolute atomic E-state index is 0.0941. The summed E-state index contributed by atoms with van der Waals surface area (Å²) >= 11 is 0. The molecule has 1 aromatic heterocycles. The number of nitrogens with two attached hydrogens (primary N) is 1. The van der Waals surface area contributed by atoms with Crippen molar-refractivity contribution in [1.82, 2.24) is 14.8 Å². The highest BCUT2D eigenvalue weighted by Gasteiger charge is 2.28. The van der Waals surface area contributed by atoms with E-state index in [-0.39, 0.29) is 12.1 Å². The predicted molar refractivity (Wildman–Crippen MR) is 138 cm³/mol. The Morgan fingerprint density at radius 3 is 2.42 bits per heavy atom. The van der Waals surface area contributed by atoms with Crippen LogP contribution in [0.1, 0.15) is 32.1 Å². The molecule has 36 heavy (non-hydrogen) atoms. The smallest absolute Gasteiger partial charge is 0.320 e. The lowest BCUT2D eigenvalue weighted by Crippen LogP contribution is -2.49. The Hall–Kier alpha value is -3.14. The van der Waals surface area contributed by atoms with Crippen molar-refractivity contribution in [3.63, 3.8) is 0 Å². The SMILES string of the molecule is COc1cc2nc(N3CCCN(C(=O)N4CCOCC4)CC3)cc(N)c2c(OC2CCCC2)c1OC. The second kappa shape index (κ2) is 10.9. The van der Waals surface area contributed by atoms with Gasteiger partial charge in [0.05, 0.1) is 44.4 Å². The molecule has 10 nitrogen and oxygen atoms in total. The lowest BCUT2D eigenvalue weighted by molar-refractivity contribution is 0.0438. The van der Waals surface area contributed by atoms with E-state index in [1.807, 2.05) is 21.9 Å². The van der Waals surface area contributed by atoms with E-state index < -0.39 is 0 Å². The molecule has 0 radical (unpaired) electrons. The first kappa shape index (κ1) is 24.5. The lowest BCUT2D eigenvalue weighted by Gasteiger charge is -2.32. The number of benzene rings is 1. The van der Waals surface area contributed by atoms with E-state index in [2.05, 4.69) is 4.90 Å². The molecule has 1 aliphatic carbocycles. The third-order valence-corrected chi connectivity index (χ3v) is 7.37. The van der Waals surface area contributed by atoms with Gasteiger partial charge >= 0.3 is 6.03 Å². The Morgan fingerprint density at radius 1 is 0.944 bits per heavy atom. The Balaban J connectivity index is 1.41. The van der Waals surface area contributed by atoms with Crippen LogP contribution in [0.25, 0.3) is 10.9 Å². The quantitative estimate of drug-likeness (QED) is 0.670. The number of urea groups is 1. The van der Waals surface area contributed by atoms with Crippen molar-refractivity contribution < 1.29 is 23.7 Å². The Kier molecular flexibility index (Phi) is 7.41. The van der Waals surface area contributed by atoms with Gasteiger partial charge in [-0.1, -0.05) is 0 Å². The molecule has 2 aliphatic heterocycles. The normalized spacial score (nSPS) is 19.4. The molecule has 3 fully saturated rings. The molecule has 0 atom stereocenters. The summed E-state index contributed by atoms with van der Waals surface area (Å²) in [5, 5.41) is 0.752. The number of nitrogen functional groups attached to an aromatic ring is 1. The number of morpholine rings is 1. The van der Waals surface area contributed by atoms with Crippen LogP contribution in [0.15, 0.2) is 12.1 Å². The molecule has 3 heterocycles. The number of carbonyl (C=O) groups excluding carboxylic acids is 1. The van der Waals surface area contributed by atoms with Crippen molar-refractivity contribution in [1.29, 1.82) is 0 Å². The van der Waals surface area contributed by atoms with Crippen molar-refractivity contribution in [2.24, 2.45) is 0 Å². The topological polar surface area (TPSA) is 103 Å². The highest BCUT2D eigenvalue weighted by molar-refractivity contribution is 6.00. The number of ether oxygens (including phenoxy) is 4. The van der Waals surface area contributed by atoms with Crippen molar-refractivity contribution in [3.05, 3.63) is 12.1 Å². The first-order valence-electron chi connectivity index (χ1n) is 13.0. The number of hydrogen-bond acceptors (Lipinski definition) is 8. The molecular formula is C26H37N5O5. The van der Waals surface area contributed by atoms with E-state index in [1.54, 1.807) is 14.2 Å². The van der Waals surface area contributed by atoms with Crippen LogP contribution in [0.4, 0.5) is 16.3 Å². The van der Waals surface area contributed by atoms with Crippen molar-refractivity contribution in [2.45, 2.75) is 38.2 Å². The molecule has 10 heteroatoms. The molecule has 1 aromatic carbocycles. The molecule has 2 amide bonds. The van der Waals surface area contributed by atoms with E-state index in [4.69, 9.17) is 29.7 Å². The van der Waals surface area contributed by atoms with Crippen LogP contribution in [-0.2, 0) is 4.74 Å². The first-order chi connectivity index (χ1) is 17.6. The molecule has 5 rings (SSSR count). The maximum atomic E-state index is 13.0. The van der Waals surface area contributed by atoms with Crippen LogP contribution in [0.2, 0.25) is 0 Å². The fourth-order valence-corrected chi connectivity index (χ4v) is 5.42. The van der Waals surface area contributed by atoms with Gasteiger partial charge in [0.2, 0.25) is 5.75 Å². The van der Waals surface area contributed by atoms with Gasteiger partial charge in [0.15, 0.2) is 11.5 Å². The zero-order valence-electron chi connectivity index (χ0n) is 21.3. The fraction of sp³-hybridized carbons (Fsp3) is 0.615. The van der Waals surface area contributed by atoms with E-state index in [0.717, 1.165) is 56.4 Å². The summed E-state index contributed by atoms with van der Waals surface area (Å²) in [4.78, 5) is 24.0. The van der Waals surface area contributed by atoms with Gasteiger partial charge in [-0.15, -0.1) is 0 Å². The number of nitrogens with zero attached hydrogens (tertiary/aromatic N) is 4. The molecule has 0 unspecified atom stereocenters. The summed E-state index contributed by atoms with van der Waals surface area (Å²) in [5.74, 6) is 2.51. The van der Waals surface area contributed by atoms with Crippen LogP contribution < -0.4 is 24.8 Å². The van der Waals surface area contributed by atoms with Crippen molar-refractivity contribution in [2.75, 3.05) is 77.3 Å². The number of pyridine rings is 1. The second-order valence-corrected chi connectivity index (χ2v) is 9.64. The summed E-state index contributed by atoms with van der Waals surface area (Å²) in [5.41, 5.74) is 7.94. The van der Waals surface area contributed by atoms with E-state index in [9.17, 15) is 4.79 Å². The minimum Gasteiger partial charge on any atom is -0.493 e. The fourth-order valence-electron chi connectivity index (χ4n) is 5.42. The van der Waals surface area contributed by atoms with Crippen LogP contribution >= 0.6 is 0 Å². The summed E-state index contributed by atoms with van der Waals surface area (Å²) < 4.78 is 23.2. The van der Waals surface area contributed by atoms with Gasteiger partial charge in [0.25, 0.3) is 0 Å². The number of fused-ring (bicyclic) bond motifs is 1. The average Bonchev–Trinajstić information content (AvgIpc) is 3.29. The zero-order valence-corrected chi connectivity index (χ0v) is 21.3. The van der Waals surface area contributed by atoms with Gasteiger partial charge in [-0.25, -0.2) is 9.78 Å². The minimum atomic E-state index is 0.0941. The molecule has 0 spiro atoms. The highest BCUT2D eigenvalue weighted by atomic mass is 16.5. The average molecular weight is 500 g/mol. The standard InChI is InChI=1S/C26H37N5O5/c1-33-21-17-20-23(25(24(21)34-2)36-18-6-3-4-7-18)19(27)16-22(28-20)29-8-5-9-30(11-10-29)26(32)31-12-14-35-15-13-31/h16-18H,3-15H2,1-2H3,(H2,27,28). The molecule has 0 bridgehead atoms. The van der Waals surface area contributed by atoms with Gasteiger partial charge in [-0.2, -0.15) is 0 Å². The Labute approximate surface area is 212 Å². The molecule has 3 aliphatic rings. The van der Waals surface area contributed by atoms with Crippen molar-refractivity contribution >= 4 is 28.4 Å². The Morgan fingerprint density at radius 2 is 1.69 bits per heavy atom. The summed E-state index contributed by atoms with van der Waals surface area (Å²) in [6, 6.07) is 3.87. The molecule has 2 saturated heterocycles. The highest BCUT2D eigenvalue weighted by Crippen LogP contribution is 2.47. The lowest BCUT2D eigenvalue weighted by atomic mass is 10.1. The maximum absolute atomic E-state index is 13.0. The predicted octanol–water partition coefficient (Wildman–Crippen LogP) is 3.12. The van der Waals surface area contributed by atoms with Gasteiger partial charge in [-0.05, 0) is 32.1 Å². The monoisotopic (exact) mass is 499 g/mol. The van der Waals surface area contributed by atoms with Gasteiger partial charge in [-0.3, -0.25) is 0 Å². The van der Waals surface area contributed by atoms with Crippen molar-refractivity contribution in [3.8, 4) is 17.2 Å². The van der Waals surface area contributed by atoms with Gasteiger partial charge in [0, 0.05) is 57.1 Å². The van der Waals surface area contributed by atoms with Gasteiger partial charge < -0.3 is 39.4 Å². The molecular weight excluding hydrogens is 462 g/mol. The van der Waals surface area contributed by atoms with E-state index in [0.29, 0.717) is 67.8 Å². The third-order valence-electron chi connectivity index (χ3n) is 7.37. The molecule has 196 valence electrons. The largest absolute Gasteiger partial charge is 0.493 e. The maximum Gasteiger partial charge on any atom is 0.320 e. The van der Waals surface area contributed by atoms with Crippen LogP contribution in [-0.4, -0.2) is 93.6 Å². The van der Waals surface area contributed by atoms with E-state index >= 15 is 0 Å². The van der Waals surface area contributed by atoms with Crippen LogP contribution in [0.3, 0.4) is 0 Å². The number of carbonyl (C=O) groups is 1. The van der Waals surface area contributed by atoms with E-state index in [1.165, 1.54) is 0 Å². The summed E-state index contributed by atoms with van der Waals surface area (Å²) in [6.07, 6.45) is 5.34. The third kappa shape index (κ3) is 4.91. The number of hydrogen-bond donors (Lipinski definition) is 1. The number of rotatable bonds is 5. The van der Waals surface area contributed by atoms with Crippen LogP contribution in [0.5, 0.6) is 17.2 Å². The Bertz CT molecular complexity index is 1080. The number of amides is 2. The summed E-state index contributed by atoms with van der Waals surface area (Å²) in [6.45, 7) is 5.35. The number of methoxy groups -OCH3 is 2. The summed E-state index contributed by atoms with van der Waals surface area (Å²) in [7, 11) is 3.23. The van der Waals surface area contributed by atoms with Gasteiger partial charge in [0.1, 0.15) is 5.82 Å². The number of aromatic nitrogens is 1. The second-order valence-electron chi connectivity index (χ2n) is 9.64. The molecule has 2 aromatic rings.